The van der Waals surface area contributed by atoms with Gasteiger partial charge in [0.2, 0.25) is 5.91 Å². The van der Waals surface area contributed by atoms with E-state index in [1.165, 1.54) is 30.0 Å². The molecule has 0 saturated heterocycles. The molecule has 6 heteroatoms. The fourth-order valence-electron chi connectivity index (χ4n) is 2.03. The predicted molar refractivity (Wildman–Crippen MR) is 69.5 cm³/mol. The summed E-state index contributed by atoms with van der Waals surface area (Å²) in [6.45, 7) is 3.33. The Morgan fingerprint density at radius 1 is 1.30 bits per heavy atom. The minimum absolute atomic E-state index is 0.180. The van der Waals surface area contributed by atoms with Gasteiger partial charge in [0, 0.05) is 19.0 Å². The molecule has 1 aromatic rings. The van der Waals surface area contributed by atoms with Gasteiger partial charge in [0.25, 0.3) is 6.43 Å². The summed E-state index contributed by atoms with van der Waals surface area (Å²) in [6, 6.07) is 3.93. The molecule has 1 rings (SSSR count). The highest BCUT2D eigenvalue weighted by Crippen LogP contribution is 2.26. The number of nitrogens with zero attached hydrogens (tertiary/aromatic N) is 1. The van der Waals surface area contributed by atoms with Gasteiger partial charge in [0.1, 0.15) is 0 Å². The van der Waals surface area contributed by atoms with E-state index in [-0.39, 0.29) is 17.7 Å². The summed E-state index contributed by atoms with van der Waals surface area (Å²) < 4.78 is 25.4. The molecule has 0 heterocycles. The highest BCUT2D eigenvalue weighted by atomic mass is 19.3. The van der Waals surface area contributed by atoms with Gasteiger partial charge >= 0.3 is 5.97 Å². The van der Waals surface area contributed by atoms with Gasteiger partial charge in [-0.15, -0.1) is 0 Å². The molecule has 110 valence electrons. The molecule has 0 fully saturated rings. The molecule has 0 aliphatic carbocycles. The van der Waals surface area contributed by atoms with E-state index in [9.17, 15) is 23.5 Å². The third-order valence-electron chi connectivity index (χ3n) is 2.89. The second-order valence-electron chi connectivity index (χ2n) is 4.42. The first kappa shape index (κ1) is 16.1. The summed E-state index contributed by atoms with van der Waals surface area (Å²) in [5.41, 5.74) is -0.0762. The fraction of sp³-hybridized carbons (Fsp3) is 0.429. The van der Waals surface area contributed by atoms with Crippen molar-refractivity contribution in [2.45, 2.75) is 32.7 Å². The van der Waals surface area contributed by atoms with E-state index in [1.54, 1.807) is 0 Å². The highest BCUT2D eigenvalue weighted by Gasteiger charge is 2.29. The molecule has 4 nitrogen and oxygen atoms in total. The summed E-state index contributed by atoms with van der Waals surface area (Å²) in [5, 5.41) is 9.32. The van der Waals surface area contributed by atoms with Crippen molar-refractivity contribution >= 4 is 11.9 Å². The first-order valence-corrected chi connectivity index (χ1v) is 6.26. The molecule has 1 unspecified atom stereocenters. The number of carbonyl (C=O) groups is 2. The van der Waals surface area contributed by atoms with Gasteiger partial charge in [-0.3, -0.25) is 4.79 Å². The SMILES string of the molecule is CCCN(C(C)=O)C(C(=O)O)c1cccc(C(F)F)c1. The van der Waals surface area contributed by atoms with E-state index in [1.807, 2.05) is 6.92 Å². The Kier molecular flexibility index (Phi) is 5.61. The summed E-state index contributed by atoms with van der Waals surface area (Å²) >= 11 is 0. The Morgan fingerprint density at radius 2 is 1.90 bits per heavy atom. The van der Waals surface area contributed by atoms with E-state index < -0.39 is 24.3 Å². The Bertz CT molecular complexity index is 491. The smallest absolute Gasteiger partial charge is 0.331 e. The number of rotatable bonds is 6. The number of benzene rings is 1. The zero-order chi connectivity index (χ0) is 15.3. The Morgan fingerprint density at radius 3 is 2.35 bits per heavy atom. The number of halogens is 2. The van der Waals surface area contributed by atoms with E-state index in [2.05, 4.69) is 0 Å². The van der Waals surface area contributed by atoms with Gasteiger partial charge in [-0.1, -0.05) is 25.1 Å². The predicted octanol–water partition coefficient (Wildman–Crippen LogP) is 3.01. The molecule has 0 spiro atoms. The minimum atomic E-state index is -2.68. The van der Waals surface area contributed by atoms with Crippen molar-refractivity contribution < 1.29 is 23.5 Å². The Balaban J connectivity index is 3.22. The molecule has 0 bridgehead atoms. The zero-order valence-electron chi connectivity index (χ0n) is 11.3. The number of hydrogen-bond acceptors (Lipinski definition) is 2. The van der Waals surface area contributed by atoms with E-state index in [4.69, 9.17) is 0 Å². The largest absolute Gasteiger partial charge is 0.479 e. The van der Waals surface area contributed by atoms with Crippen molar-refractivity contribution in [3.63, 3.8) is 0 Å². The van der Waals surface area contributed by atoms with Crippen LogP contribution in [0.4, 0.5) is 8.78 Å². The molecule has 1 atom stereocenters. The van der Waals surface area contributed by atoms with Crippen LogP contribution < -0.4 is 0 Å². The van der Waals surface area contributed by atoms with Crippen molar-refractivity contribution in [2.24, 2.45) is 0 Å². The van der Waals surface area contributed by atoms with E-state index in [0.29, 0.717) is 6.42 Å². The lowest BCUT2D eigenvalue weighted by atomic mass is 10.0. The maximum absolute atomic E-state index is 12.7. The summed E-state index contributed by atoms with van der Waals surface area (Å²) in [5.74, 6) is -1.64. The first-order valence-electron chi connectivity index (χ1n) is 6.26. The molecule has 0 radical (unpaired) electrons. The van der Waals surface area contributed by atoms with Crippen molar-refractivity contribution in [2.75, 3.05) is 6.54 Å². The Hall–Kier alpha value is -1.98. The first-order chi connectivity index (χ1) is 9.38. The van der Waals surface area contributed by atoms with Crippen LogP contribution in [0.1, 0.15) is 43.9 Å². The molecule has 0 aromatic heterocycles. The molecule has 1 N–H and O–H groups in total. The zero-order valence-corrected chi connectivity index (χ0v) is 11.3. The van der Waals surface area contributed by atoms with Crippen LogP contribution in [0.5, 0.6) is 0 Å². The number of alkyl halides is 2. The molecule has 0 aliphatic rings. The average molecular weight is 285 g/mol. The second kappa shape index (κ2) is 6.98. The molecular formula is C14H17F2NO3. The van der Waals surface area contributed by atoms with Gasteiger partial charge in [-0.05, 0) is 18.1 Å². The van der Waals surface area contributed by atoms with Crippen LogP contribution in [0.3, 0.4) is 0 Å². The van der Waals surface area contributed by atoms with Crippen LogP contribution in [0, 0.1) is 0 Å². The van der Waals surface area contributed by atoms with Gasteiger partial charge in [0.05, 0.1) is 0 Å². The van der Waals surface area contributed by atoms with E-state index in [0.717, 1.165) is 6.07 Å². The molecular weight excluding hydrogens is 268 g/mol. The lowest BCUT2D eigenvalue weighted by molar-refractivity contribution is -0.149. The van der Waals surface area contributed by atoms with Crippen molar-refractivity contribution in [1.82, 2.24) is 4.90 Å². The van der Waals surface area contributed by atoms with Crippen LogP contribution in [0.25, 0.3) is 0 Å². The number of amides is 1. The van der Waals surface area contributed by atoms with Gasteiger partial charge in [-0.2, -0.15) is 0 Å². The van der Waals surface area contributed by atoms with Gasteiger partial charge in [0.15, 0.2) is 6.04 Å². The monoisotopic (exact) mass is 285 g/mol. The molecule has 20 heavy (non-hydrogen) atoms. The summed E-state index contributed by atoms with van der Waals surface area (Å²) in [7, 11) is 0. The third kappa shape index (κ3) is 3.76. The molecule has 1 aromatic carbocycles. The van der Waals surface area contributed by atoms with Crippen molar-refractivity contribution in [1.29, 1.82) is 0 Å². The van der Waals surface area contributed by atoms with Crippen LogP contribution in [-0.2, 0) is 9.59 Å². The summed E-state index contributed by atoms with van der Waals surface area (Å²) in [4.78, 5) is 24.2. The maximum Gasteiger partial charge on any atom is 0.331 e. The van der Waals surface area contributed by atoms with Crippen LogP contribution >= 0.6 is 0 Å². The normalized spacial score (nSPS) is 12.2. The summed E-state index contributed by atoms with van der Waals surface area (Å²) in [6.07, 6.45) is -2.10. The fourth-order valence-corrected chi connectivity index (χ4v) is 2.03. The minimum Gasteiger partial charge on any atom is -0.479 e. The number of carbonyl (C=O) groups excluding carboxylic acids is 1. The standard InChI is InChI=1S/C14H17F2NO3/c1-3-7-17(9(2)18)12(14(19)20)10-5-4-6-11(8-10)13(15)16/h4-6,8,12-13H,3,7H2,1-2H3,(H,19,20). The van der Waals surface area contributed by atoms with Crippen molar-refractivity contribution in [3.05, 3.63) is 35.4 Å². The van der Waals surface area contributed by atoms with Crippen LogP contribution in [0.15, 0.2) is 24.3 Å². The quantitative estimate of drug-likeness (QED) is 0.874. The highest BCUT2D eigenvalue weighted by molar-refractivity contribution is 5.83. The van der Waals surface area contributed by atoms with Gasteiger partial charge < -0.3 is 10.0 Å². The van der Waals surface area contributed by atoms with Crippen molar-refractivity contribution in [3.8, 4) is 0 Å². The number of carboxylic acids is 1. The van der Waals surface area contributed by atoms with Crippen LogP contribution in [-0.4, -0.2) is 28.4 Å². The van der Waals surface area contributed by atoms with Gasteiger partial charge in [-0.25, -0.2) is 13.6 Å². The van der Waals surface area contributed by atoms with E-state index >= 15 is 0 Å². The molecule has 0 aliphatic heterocycles. The molecule has 0 saturated carbocycles. The second-order valence-corrected chi connectivity index (χ2v) is 4.42. The lowest BCUT2D eigenvalue weighted by Gasteiger charge is -2.28. The topological polar surface area (TPSA) is 57.6 Å². The number of carboxylic acid groups (broad SMARTS) is 1. The van der Waals surface area contributed by atoms with Crippen LogP contribution in [0.2, 0.25) is 0 Å². The Labute approximate surface area is 116 Å². The third-order valence-corrected chi connectivity index (χ3v) is 2.89. The maximum atomic E-state index is 12.7. The molecule has 1 amide bonds. The number of aliphatic carboxylic acids is 1. The number of hydrogen-bond donors (Lipinski definition) is 1. The lowest BCUT2D eigenvalue weighted by Crippen LogP contribution is -2.38. The average Bonchev–Trinajstić information content (AvgIpc) is 2.38.